The van der Waals surface area contributed by atoms with Crippen molar-refractivity contribution in [1.29, 1.82) is 0 Å². The van der Waals surface area contributed by atoms with Crippen LogP contribution in [-0.4, -0.2) is 64.3 Å². The molecule has 2 saturated heterocycles. The van der Waals surface area contributed by atoms with Gasteiger partial charge in [0.05, 0.1) is 6.04 Å². The van der Waals surface area contributed by atoms with Gasteiger partial charge in [-0.15, -0.1) is 0 Å². The lowest BCUT2D eigenvalue weighted by atomic mass is 10.0. The summed E-state index contributed by atoms with van der Waals surface area (Å²) in [4.78, 5) is 39.3. The molecule has 2 heterocycles. The Kier molecular flexibility index (Phi) is 6.84. The third kappa shape index (κ3) is 5.64. The molecule has 0 radical (unpaired) electrons. The number of rotatable bonds is 3. The molecule has 0 aliphatic carbocycles. The van der Waals surface area contributed by atoms with Crippen LogP contribution in [0.25, 0.3) is 0 Å². The van der Waals surface area contributed by atoms with Crippen LogP contribution < -0.4 is 0 Å². The van der Waals surface area contributed by atoms with Crippen molar-refractivity contribution >= 4 is 18.1 Å². The summed E-state index contributed by atoms with van der Waals surface area (Å²) in [7, 11) is 0. The van der Waals surface area contributed by atoms with E-state index in [-0.39, 0.29) is 24.6 Å². The SMILES string of the molecule is CC(C)(C)OC(=O)N1CCCC(=O)N1C1CCN(C(=O)OCc2ccccc2)CC1. The average Bonchev–Trinajstić information content (AvgIpc) is 2.71. The normalized spacial score (nSPS) is 18.4. The molecule has 3 amide bonds. The molecule has 30 heavy (non-hydrogen) atoms. The number of amides is 3. The smallest absolute Gasteiger partial charge is 0.429 e. The fourth-order valence-electron chi connectivity index (χ4n) is 3.74. The highest BCUT2D eigenvalue weighted by Gasteiger charge is 2.39. The average molecular weight is 418 g/mol. The summed E-state index contributed by atoms with van der Waals surface area (Å²) < 4.78 is 10.9. The standard InChI is InChI=1S/C22H31N3O5/c1-22(2,3)30-21(28)24-13-7-10-19(26)25(24)18-11-14-23(15-12-18)20(27)29-16-17-8-5-4-6-9-17/h4-6,8-9,18H,7,10-16H2,1-3H3. The highest BCUT2D eigenvalue weighted by molar-refractivity contribution is 5.81. The molecule has 0 aromatic heterocycles. The van der Waals surface area contributed by atoms with E-state index in [1.165, 1.54) is 5.01 Å². The maximum atomic E-state index is 12.6. The topological polar surface area (TPSA) is 79.4 Å². The molecule has 1 aromatic carbocycles. The molecule has 0 saturated carbocycles. The van der Waals surface area contributed by atoms with Gasteiger partial charge in [0.25, 0.3) is 0 Å². The number of piperidine rings is 1. The summed E-state index contributed by atoms with van der Waals surface area (Å²) in [5.74, 6) is -0.0720. The second-order valence-electron chi connectivity index (χ2n) is 8.70. The first-order valence-corrected chi connectivity index (χ1v) is 10.5. The van der Waals surface area contributed by atoms with Crippen LogP contribution in [0.2, 0.25) is 0 Å². The Hall–Kier alpha value is -2.77. The molecular formula is C22H31N3O5. The van der Waals surface area contributed by atoms with Crippen molar-refractivity contribution in [3.63, 3.8) is 0 Å². The molecule has 0 spiro atoms. The first kappa shape index (κ1) is 21.9. The number of ether oxygens (including phenoxy) is 2. The van der Waals surface area contributed by atoms with Crippen molar-refractivity contribution in [3.05, 3.63) is 35.9 Å². The molecule has 8 heteroatoms. The second kappa shape index (κ2) is 9.36. The summed E-state index contributed by atoms with van der Waals surface area (Å²) in [5.41, 5.74) is 0.308. The summed E-state index contributed by atoms with van der Waals surface area (Å²) in [6, 6.07) is 9.41. The molecular weight excluding hydrogens is 386 g/mol. The Morgan fingerprint density at radius 2 is 1.70 bits per heavy atom. The van der Waals surface area contributed by atoms with Crippen LogP contribution in [0.4, 0.5) is 9.59 Å². The van der Waals surface area contributed by atoms with Gasteiger partial charge < -0.3 is 14.4 Å². The number of likely N-dealkylation sites (tertiary alicyclic amines) is 1. The molecule has 8 nitrogen and oxygen atoms in total. The minimum absolute atomic E-state index is 0.0720. The van der Waals surface area contributed by atoms with Crippen LogP contribution in [0.15, 0.2) is 30.3 Å². The van der Waals surface area contributed by atoms with Gasteiger partial charge in [-0.25, -0.2) is 19.6 Å². The zero-order valence-corrected chi connectivity index (χ0v) is 18.0. The molecule has 164 valence electrons. The minimum Gasteiger partial charge on any atom is -0.445 e. The van der Waals surface area contributed by atoms with E-state index in [0.29, 0.717) is 45.3 Å². The van der Waals surface area contributed by atoms with E-state index in [9.17, 15) is 14.4 Å². The molecule has 0 N–H and O–H groups in total. The lowest BCUT2D eigenvalue weighted by Crippen LogP contribution is -2.60. The molecule has 1 aromatic rings. The third-order valence-electron chi connectivity index (χ3n) is 5.15. The van der Waals surface area contributed by atoms with Crippen LogP contribution in [-0.2, 0) is 20.9 Å². The van der Waals surface area contributed by atoms with E-state index in [2.05, 4.69) is 0 Å². The summed E-state index contributed by atoms with van der Waals surface area (Å²) in [5, 5.41) is 3.00. The monoisotopic (exact) mass is 417 g/mol. The number of hydrazine groups is 1. The first-order chi connectivity index (χ1) is 14.2. The Labute approximate surface area is 177 Å². The van der Waals surface area contributed by atoms with Crippen LogP contribution in [0.3, 0.4) is 0 Å². The Morgan fingerprint density at radius 1 is 1.03 bits per heavy atom. The fraction of sp³-hybridized carbons (Fsp3) is 0.591. The molecule has 2 aliphatic rings. The quantitative estimate of drug-likeness (QED) is 0.751. The van der Waals surface area contributed by atoms with Gasteiger partial charge in [-0.3, -0.25) is 4.79 Å². The van der Waals surface area contributed by atoms with E-state index in [0.717, 1.165) is 5.56 Å². The molecule has 0 bridgehead atoms. The number of hydrogen-bond acceptors (Lipinski definition) is 5. The molecule has 0 atom stereocenters. The van der Waals surface area contributed by atoms with Crippen molar-refractivity contribution < 1.29 is 23.9 Å². The number of hydrogen-bond donors (Lipinski definition) is 0. The zero-order chi connectivity index (χ0) is 21.7. The molecule has 2 aliphatic heterocycles. The maximum absolute atomic E-state index is 12.6. The van der Waals surface area contributed by atoms with Crippen molar-refractivity contribution in [2.75, 3.05) is 19.6 Å². The molecule has 2 fully saturated rings. The zero-order valence-electron chi connectivity index (χ0n) is 18.0. The van der Waals surface area contributed by atoms with Crippen molar-refractivity contribution in [2.45, 2.75) is 64.7 Å². The van der Waals surface area contributed by atoms with Crippen LogP contribution in [0.5, 0.6) is 0 Å². The first-order valence-electron chi connectivity index (χ1n) is 10.5. The van der Waals surface area contributed by atoms with Gasteiger partial charge in [0.15, 0.2) is 0 Å². The summed E-state index contributed by atoms with van der Waals surface area (Å²) in [6.07, 6.45) is 1.36. The number of nitrogens with zero attached hydrogens (tertiary/aromatic N) is 3. The Bertz CT molecular complexity index is 754. The van der Waals surface area contributed by atoms with E-state index in [1.807, 2.05) is 30.3 Å². The Morgan fingerprint density at radius 3 is 2.33 bits per heavy atom. The number of benzene rings is 1. The van der Waals surface area contributed by atoms with Crippen molar-refractivity contribution in [1.82, 2.24) is 14.9 Å². The number of carbonyl (C=O) groups is 3. The van der Waals surface area contributed by atoms with Gasteiger partial charge >= 0.3 is 12.2 Å². The van der Waals surface area contributed by atoms with Gasteiger partial charge in [-0.2, -0.15) is 0 Å². The highest BCUT2D eigenvalue weighted by Crippen LogP contribution is 2.25. The predicted molar refractivity (Wildman–Crippen MR) is 110 cm³/mol. The predicted octanol–water partition coefficient (Wildman–Crippen LogP) is 3.56. The maximum Gasteiger partial charge on any atom is 0.429 e. The van der Waals surface area contributed by atoms with E-state index in [4.69, 9.17) is 9.47 Å². The lowest BCUT2D eigenvalue weighted by Gasteiger charge is -2.45. The minimum atomic E-state index is -0.630. The van der Waals surface area contributed by atoms with Gasteiger partial charge in [0, 0.05) is 26.1 Å². The third-order valence-corrected chi connectivity index (χ3v) is 5.15. The number of carbonyl (C=O) groups excluding carboxylic acids is 3. The van der Waals surface area contributed by atoms with E-state index in [1.54, 1.807) is 30.7 Å². The van der Waals surface area contributed by atoms with Crippen molar-refractivity contribution in [3.8, 4) is 0 Å². The summed E-state index contributed by atoms with van der Waals surface area (Å²) in [6.45, 7) is 7.06. The van der Waals surface area contributed by atoms with E-state index >= 15 is 0 Å². The van der Waals surface area contributed by atoms with Gasteiger partial charge in [0.2, 0.25) is 5.91 Å². The largest absolute Gasteiger partial charge is 0.445 e. The van der Waals surface area contributed by atoms with Crippen LogP contribution >= 0.6 is 0 Å². The van der Waals surface area contributed by atoms with Crippen molar-refractivity contribution in [2.24, 2.45) is 0 Å². The Balaban J connectivity index is 1.55. The fourth-order valence-corrected chi connectivity index (χ4v) is 3.74. The second-order valence-corrected chi connectivity index (χ2v) is 8.70. The lowest BCUT2D eigenvalue weighted by molar-refractivity contribution is -0.162. The van der Waals surface area contributed by atoms with Gasteiger partial charge in [-0.1, -0.05) is 30.3 Å². The molecule has 0 unspecified atom stereocenters. The van der Waals surface area contributed by atoms with Crippen LogP contribution in [0, 0.1) is 0 Å². The highest BCUT2D eigenvalue weighted by atomic mass is 16.6. The van der Waals surface area contributed by atoms with Crippen LogP contribution in [0.1, 0.15) is 52.0 Å². The molecule has 3 rings (SSSR count). The van der Waals surface area contributed by atoms with Gasteiger partial charge in [0.1, 0.15) is 12.2 Å². The van der Waals surface area contributed by atoms with Gasteiger partial charge in [-0.05, 0) is 45.6 Å². The summed E-state index contributed by atoms with van der Waals surface area (Å²) >= 11 is 0. The van der Waals surface area contributed by atoms with E-state index < -0.39 is 11.7 Å².